The van der Waals surface area contributed by atoms with Crippen LogP contribution in [0.25, 0.3) is 0 Å². The number of hydrogen-bond donors (Lipinski definition) is 4. The van der Waals surface area contributed by atoms with Crippen LogP contribution in [0.3, 0.4) is 0 Å². The summed E-state index contributed by atoms with van der Waals surface area (Å²) in [5, 5.41) is 10.2. The minimum Gasteiger partial charge on any atom is -0.388 e. The molecule has 3 aromatic carbocycles. The van der Waals surface area contributed by atoms with Crippen LogP contribution < -0.4 is 0 Å². The number of H-pyrrole nitrogens is 3. The van der Waals surface area contributed by atoms with Gasteiger partial charge in [-0.2, -0.15) is 0 Å². The molecule has 0 spiro atoms. The number of nitrogens with one attached hydrogen (secondary N) is 3. The van der Waals surface area contributed by atoms with Gasteiger partial charge in [-0.1, -0.05) is 218 Å². The molecule has 364 valence electrons. The molecule has 3 heterocycles. The molecule has 0 bridgehead atoms. The second-order valence-corrected chi connectivity index (χ2v) is 13.0. The van der Waals surface area contributed by atoms with Gasteiger partial charge in [0, 0.05) is 64.9 Å². The number of aliphatic hydroxyl groups excluding tert-OH is 1. The Balaban J connectivity index is -0.000000755. The van der Waals surface area contributed by atoms with Crippen molar-refractivity contribution in [1.82, 2.24) is 29.9 Å². The van der Waals surface area contributed by atoms with E-state index in [4.69, 9.17) is 0 Å². The lowest BCUT2D eigenvalue weighted by Crippen LogP contribution is -2.10. The van der Waals surface area contributed by atoms with E-state index in [-0.39, 0.29) is 35.6 Å². The van der Waals surface area contributed by atoms with Crippen LogP contribution in [0.1, 0.15) is 225 Å². The van der Waals surface area contributed by atoms with Crippen LogP contribution >= 0.6 is 0 Å². The standard InChI is InChI=1S/C13H14N2O.C13H12N2O.C13H14N2.9C2H6/c2*1-8-12(11-6-14-7-15-11)9-4-2-3-5-10(9)13(8)16;1-9-6-10-4-2-3-5-11(10)13(9)12-7-14-8-15-12;9*1-2/h2-8,12-13,16H,1H3,(H,14,15);2-8,12H,1H3,(H,14,15);2-5,7-9,13H,6H2,1H3,(H,14,15);9*1-2H3. The van der Waals surface area contributed by atoms with Gasteiger partial charge in [-0.15, -0.1) is 0 Å². The monoisotopic (exact) mass is 895 g/mol. The minimum absolute atomic E-state index is 0.00199. The molecule has 4 N–H and O–H groups in total. The van der Waals surface area contributed by atoms with Crippen molar-refractivity contribution in [3.8, 4) is 0 Å². The second-order valence-electron chi connectivity index (χ2n) is 13.0. The van der Waals surface area contributed by atoms with E-state index in [2.05, 4.69) is 74.1 Å². The first kappa shape index (κ1) is 64.2. The number of carbonyl (C=O) groups is 1. The number of aromatic amines is 3. The van der Waals surface area contributed by atoms with E-state index in [1.54, 1.807) is 25.2 Å². The number of fused-ring (bicyclic) bond motifs is 3. The zero-order chi connectivity index (χ0) is 50.5. The number of hydrogen-bond acceptors (Lipinski definition) is 5. The van der Waals surface area contributed by atoms with Crippen LogP contribution in [0.4, 0.5) is 0 Å². The number of carbonyl (C=O) groups excluding carboxylic acids is 1. The number of imidazole rings is 3. The van der Waals surface area contributed by atoms with Gasteiger partial charge in [0.1, 0.15) is 0 Å². The van der Waals surface area contributed by atoms with Crippen molar-refractivity contribution in [1.29, 1.82) is 0 Å². The van der Waals surface area contributed by atoms with E-state index in [0.717, 1.165) is 28.1 Å². The van der Waals surface area contributed by atoms with Gasteiger partial charge in [-0.25, -0.2) is 15.0 Å². The van der Waals surface area contributed by atoms with Crippen LogP contribution in [0.15, 0.2) is 110 Å². The van der Waals surface area contributed by atoms with Gasteiger partial charge in [-0.3, -0.25) is 4.79 Å². The summed E-state index contributed by atoms with van der Waals surface area (Å²) >= 11 is 0. The summed E-state index contributed by atoms with van der Waals surface area (Å²) in [7, 11) is 0. The quantitative estimate of drug-likeness (QED) is 0.141. The number of aliphatic hydroxyl groups is 1. The fourth-order valence-electron chi connectivity index (χ4n) is 7.94. The molecule has 0 saturated heterocycles. The average molecular weight is 895 g/mol. The van der Waals surface area contributed by atoms with Crippen LogP contribution in [0, 0.1) is 17.8 Å². The van der Waals surface area contributed by atoms with Crippen LogP contribution in [-0.2, 0) is 6.42 Å². The Kier molecular flexibility index (Phi) is 38.8. The summed E-state index contributed by atoms with van der Waals surface area (Å²) in [4.78, 5) is 33.8. The summed E-state index contributed by atoms with van der Waals surface area (Å²) < 4.78 is 0. The maximum atomic E-state index is 12.1. The van der Waals surface area contributed by atoms with Gasteiger partial charge < -0.3 is 20.1 Å². The average Bonchev–Trinajstić information content (AvgIpc) is 4.29. The smallest absolute Gasteiger partial charge is 0.166 e. The number of aromatic nitrogens is 6. The fourth-order valence-corrected chi connectivity index (χ4v) is 7.94. The molecule has 7 atom stereocenters. The van der Waals surface area contributed by atoms with Crippen molar-refractivity contribution >= 4 is 5.78 Å². The summed E-state index contributed by atoms with van der Waals surface area (Å²) in [5.41, 5.74) is 10.5. The zero-order valence-electron chi connectivity index (χ0n) is 44.8. The molecule has 3 aromatic heterocycles. The number of Topliss-reactive ketones (excluding diaryl/α,β-unsaturated/α-hetero) is 1. The first-order valence-electron chi connectivity index (χ1n) is 25.4. The number of ketones is 1. The van der Waals surface area contributed by atoms with Gasteiger partial charge >= 0.3 is 0 Å². The van der Waals surface area contributed by atoms with Crippen molar-refractivity contribution in [3.63, 3.8) is 0 Å². The topological polar surface area (TPSA) is 123 Å². The highest BCUT2D eigenvalue weighted by molar-refractivity contribution is 6.03. The highest BCUT2D eigenvalue weighted by Gasteiger charge is 2.39. The lowest BCUT2D eigenvalue weighted by molar-refractivity contribution is 0.0939. The highest BCUT2D eigenvalue weighted by Crippen LogP contribution is 2.47. The molecule has 3 aliphatic rings. The molecule has 0 saturated carbocycles. The third-order valence-corrected chi connectivity index (χ3v) is 10.2. The van der Waals surface area contributed by atoms with E-state index < -0.39 is 0 Å². The Morgan fingerprint density at radius 1 is 0.462 bits per heavy atom. The maximum absolute atomic E-state index is 12.1. The van der Waals surface area contributed by atoms with Crippen LogP contribution in [-0.4, -0.2) is 40.8 Å². The first-order chi connectivity index (χ1) is 31.9. The van der Waals surface area contributed by atoms with Gasteiger partial charge in [0.15, 0.2) is 5.78 Å². The van der Waals surface area contributed by atoms with Gasteiger partial charge in [0.2, 0.25) is 0 Å². The molecule has 8 heteroatoms. The van der Waals surface area contributed by atoms with E-state index in [0.29, 0.717) is 11.8 Å². The normalized spacial score (nSPS) is 19.0. The summed E-state index contributed by atoms with van der Waals surface area (Å²) in [6.45, 7) is 42.4. The maximum Gasteiger partial charge on any atom is 0.166 e. The second kappa shape index (κ2) is 39.3. The predicted octanol–water partition coefficient (Wildman–Crippen LogP) is 16.6. The molecule has 65 heavy (non-hydrogen) atoms. The molecular weight excluding hydrogens is 801 g/mol. The van der Waals surface area contributed by atoms with E-state index in [9.17, 15) is 9.90 Å². The van der Waals surface area contributed by atoms with Gasteiger partial charge in [0.05, 0.1) is 25.1 Å². The van der Waals surface area contributed by atoms with Gasteiger partial charge in [0.25, 0.3) is 0 Å². The molecule has 0 fully saturated rings. The molecule has 6 aromatic rings. The Morgan fingerprint density at radius 3 is 1.28 bits per heavy atom. The van der Waals surface area contributed by atoms with E-state index in [1.165, 1.54) is 28.8 Å². The molecule has 0 radical (unpaired) electrons. The van der Waals surface area contributed by atoms with E-state index >= 15 is 0 Å². The lowest BCUT2D eigenvalue weighted by atomic mass is 9.91. The molecule has 8 nitrogen and oxygen atoms in total. The molecule has 9 rings (SSSR count). The van der Waals surface area contributed by atoms with Crippen molar-refractivity contribution < 1.29 is 9.90 Å². The van der Waals surface area contributed by atoms with Crippen LogP contribution in [0.2, 0.25) is 0 Å². The highest BCUT2D eigenvalue weighted by atomic mass is 16.3. The van der Waals surface area contributed by atoms with Crippen molar-refractivity contribution in [3.05, 3.63) is 161 Å². The Morgan fingerprint density at radius 2 is 0.831 bits per heavy atom. The van der Waals surface area contributed by atoms with Crippen LogP contribution in [0.5, 0.6) is 0 Å². The number of rotatable bonds is 3. The molecular formula is C57H94N6O2. The van der Waals surface area contributed by atoms with Crippen molar-refractivity contribution in [2.24, 2.45) is 17.8 Å². The Bertz CT molecular complexity index is 1940. The lowest BCUT2D eigenvalue weighted by Gasteiger charge is -2.16. The largest absolute Gasteiger partial charge is 0.388 e. The number of benzene rings is 3. The first-order valence-corrected chi connectivity index (χ1v) is 25.4. The Labute approximate surface area is 398 Å². The third-order valence-electron chi connectivity index (χ3n) is 10.2. The molecule has 0 amide bonds. The Hall–Kier alpha value is -5.08. The minimum atomic E-state index is -0.371. The predicted molar refractivity (Wildman–Crippen MR) is 283 cm³/mol. The summed E-state index contributed by atoms with van der Waals surface area (Å²) in [6.07, 6.45) is 11.5. The number of nitrogens with zero attached hydrogens (tertiary/aromatic N) is 3. The zero-order valence-corrected chi connectivity index (χ0v) is 44.8. The summed E-state index contributed by atoms with van der Waals surface area (Å²) in [5.74, 6) is 1.96. The SMILES string of the molecule is CC.CC.CC.CC.CC.CC.CC.CC.CC.CC1C(=O)c2ccccc2C1c1cnc[nH]1.CC1C(O)c2ccccc2C1c1cnc[nH]1.CC1Cc2ccccc2C1c1cnc[nH]1. The molecule has 0 aliphatic heterocycles. The third kappa shape index (κ3) is 17.3. The van der Waals surface area contributed by atoms with Crippen molar-refractivity contribution in [2.45, 2.75) is 176 Å². The molecule has 7 unspecified atom stereocenters. The fraction of sp³-hybridized carbons (Fsp3) is 0.509. The van der Waals surface area contributed by atoms with Gasteiger partial charge in [-0.05, 0) is 46.1 Å². The van der Waals surface area contributed by atoms with Crippen molar-refractivity contribution in [2.75, 3.05) is 0 Å². The van der Waals surface area contributed by atoms with E-state index in [1.807, 2.05) is 186 Å². The summed E-state index contributed by atoms with van der Waals surface area (Å²) in [6, 6.07) is 24.7. The molecule has 3 aliphatic carbocycles.